The second kappa shape index (κ2) is 5.49. The van der Waals surface area contributed by atoms with Crippen LogP contribution < -0.4 is 0 Å². The molecule has 0 aliphatic rings. The predicted molar refractivity (Wildman–Crippen MR) is 93.0 cm³/mol. The Morgan fingerprint density at radius 2 is 0.833 bits per heavy atom. The average molecular weight is 318 g/mol. The molecule has 4 rings (SSSR count). The Balaban J connectivity index is 1.97. The van der Waals surface area contributed by atoms with Crippen molar-refractivity contribution in [1.82, 2.24) is 28.7 Å². The number of rotatable bonds is 3. The highest BCUT2D eigenvalue weighted by atomic mass is 15.0. The molecule has 0 unspecified atom stereocenters. The minimum absolute atomic E-state index is 0.918. The summed E-state index contributed by atoms with van der Waals surface area (Å²) in [5, 5.41) is 0. The van der Waals surface area contributed by atoms with Crippen molar-refractivity contribution in [2.45, 2.75) is 0 Å². The molecule has 120 valence electrons. The van der Waals surface area contributed by atoms with Gasteiger partial charge in [-0.15, -0.1) is 0 Å². The Bertz CT molecular complexity index is 863. The number of imidazole rings is 3. The minimum atomic E-state index is 0.918. The van der Waals surface area contributed by atoms with Gasteiger partial charge in [0.2, 0.25) is 0 Å². The normalized spacial score (nSPS) is 11.1. The first-order chi connectivity index (χ1) is 11.6. The van der Waals surface area contributed by atoms with Crippen molar-refractivity contribution in [2.75, 3.05) is 0 Å². The summed E-state index contributed by atoms with van der Waals surface area (Å²) >= 11 is 0. The van der Waals surface area contributed by atoms with Crippen LogP contribution in [0, 0.1) is 0 Å². The fraction of sp³-hybridized carbons (Fsp3) is 0.167. The van der Waals surface area contributed by atoms with E-state index < -0.39 is 0 Å². The third kappa shape index (κ3) is 2.32. The summed E-state index contributed by atoms with van der Waals surface area (Å²) in [7, 11) is 5.99. The van der Waals surface area contributed by atoms with Crippen LogP contribution in [0.2, 0.25) is 0 Å². The van der Waals surface area contributed by atoms with Gasteiger partial charge in [0.1, 0.15) is 17.5 Å². The highest BCUT2D eigenvalue weighted by Gasteiger charge is 2.13. The van der Waals surface area contributed by atoms with Gasteiger partial charge in [0.05, 0.1) is 0 Å². The van der Waals surface area contributed by atoms with Crippen molar-refractivity contribution in [3.63, 3.8) is 0 Å². The molecule has 0 aliphatic carbocycles. The molecule has 0 amide bonds. The van der Waals surface area contributed by atoms with Gasteiger partial charge in [-0.25, -0.2) is 15.0 Å². The van der Waals surface area contributed by atoms with Crippen LogP contribution in [-0.2, 0) is 21.1 Å². The van der Waals surface area contributed by atoms with Crippen LogP contribution in [0.25, 0.3) is 34.2 Å². The molecule has 0 radical (unpaired) electrons. The number of hydrogen-bond donors (Lipinski definition) is 0. The third-order valence-electron chi connectivity index (χ3n) is 4.17. The Kier molecular flexibility index (Phi) is 3.30. The van der Waals surface area contributed by atoms with Crippen LogP contribution in [0.15, 0.2) is 55.4 Å². The number of nitrogens with zero attached hydrogens (tertiary/aromatic N) is 6. The lowest BCUT2D eigenvalue weighted by Gasteiger charge is -2.10. The lowest BCUT2D eigenvalue weighted by molar-refractivity contribution is 0.916. The molecular formula is C18H18N6. The van der Waals surface area contributed by atoms with Crippen molar-refractivity contribution in [3.8, 4) is 34.2 Å². The second-order valence-corrected chi connectivity index (χ2v) is 5.88. The maximum absolute atomic E-state index is 4.48. The summed E-state index contributed by atoms with van der Waals surface area (Å²) in [6, 6.07) is 6.37. The van der Waals surface area contributed by atoms with Crippen LogP contribution in [0.3, 0.4) is 0 Å². The molecule has 0 bridgehead atoms. The molecule has 24 heavy (non-hydrogen) atoms. The third-order valence-corrected chi connectivity index (χ3v) is 4.17. The zero-order valence-corrected chi connectivity index (χ0v) is 13.9. The first-order valence-corrected chi connectivity index (χ1v) is 7.71. The smallest absolute Gasteiger partial charge is 0.139 e. The Labute approximate surface area is 140 Å². The zero-order valence-electron chi connectivity index (χ0n) is 13.9. The molecule has 3 aromatic heterocycles. The van der Waals surface area contributed by atoms with Gasteiger partial charge in [-0.2, -0.15) is 0 Å². The van der Waals surface area contributed by atoms with Gasteiger partial charge in [-0.05, 0) is 18.2 Å². The monoisotopic (exact) mass is 318 g/mol. The first kappa shape index (κ1) is 14.4. The quantitative estimate of drug-likeness (QED) is 0.583. The molecule has 0 spiro atoms. The predicted octanol–water partition coefficient (Wildman–Crippen LogP) is 2.89. The molecule has 3 heterocycles. The second-order valence-electron chi connectivity index (χ2n) is 5.88. The van der Waals surface area contributed by atoms with E-state index in [1.165, 1.54) is 0 Å². The lowest BCUT2D eigenvalue weighted by Crippen LogP contribution is -1.98. The molecule has 6 heteroatoms. The largest absolute Gasteiger partial charge is 0.334 e. The molecule has 0 aliphatic heterocycles. The molecule has 0 fully saturated rings. The van der Waals surface area contributed by atoms with Gasteiger partial charge in [-0.1, -0.05) is 0 Å². The van der Waals surface area contributed by atoms with Crippen LogP contribution in [0.5, 0.6) is 0 Å². The highest BCUT2D eigenvalue weighted by molar-refractivity contribution is 5.75. The Morgan fingerprint density at radius 3 is 1.04 bits per heavy atom. The zero-order chi connectivity index (χ0) is 16.7. The molecular weight excluding hydrogens is 300 g/mol. The van der Waals surface area contributed by atoms with E-state index in [2.05, 4.69) is 33.2 Å². The van der Waals surface area contributed by atoms with Crippen LogP contribution in [-0.4, -0.2) is 28.7 Å². The van der Waals surface area contributed by atoms with Gasteiger partial charge in [-0.3, -0.25) is 0 Å². The molecule has 0 saturated heterocycles. The standard InChI is InChI=1S/C18H18N6/c1-22-7-4-19-16(22)13-10-14(17-20-5-8-23(17)2)12-15(11-13)18-21-6-9-24(18)3/h4-12H,1-3H3. The topological polar surface area (TPSA) is 53.5 Å². The molecule has 0 saturated carbocycles. The van der Waals surface area contributed by atoms with Gasteiger partial charge < -0.3 is 13.7 Å². The first-order valence-electron chi connectivity index (χ1n) is 7.71. The minimum Gasteiger partial charge on any atom is -0.334 e. The summed E-state index contributed by atoms with van der Waals surface area (Å²) < 4.78 is 6.04. The Hall–Kier alpha value is -3.15. The van der Waals surface area contributed by atoms with Gasteiger partial charge in [0.25, 0.3) is 0 Å². The summed E-state index contributed by atoms with van der Waals surface area (Å²) in [6.07, 6.45) is 11.3. The van der Waals surface area contributed by atoms with Gasteiger partial charge >= 0.3 is 0 Å². The van der Waals surface area contributed by atoms with E-state index in [1.807, 2.05) is 72.0 Å². The number of aromatic nitrogens is 6. The Morgan fingerprint density at radius 1 is 0.542 bits per heavy atom. The van der Waals surface area contributed by atoms with E-state index in [4.69, 9.17) is 0 Å². The average Bonchev–Trinajstić information content (AvgIpc) is 3.28. The number of hydrogen-bond acceptors (Lipinski definition) is 3. The molecule has 1 aromatic carbocycles. The van der Waals surface area contributed by atoms with Crippen molar-refractivity contribution >= 4 is 0 Å². The number of benzene rings is 1. The van der Waals surface area contributed by atoms with Crippen LogP contribution in [0.1, 0.15) is 0 Å². The van der Waals surface area contributed by atoms with Crippen molar-refractivity contribution in [2.24, 2.45) is 21.1 Å². The SMILES string of the molecule is Cn1ccnc1-c1cc(-c2nccn2C)cc(-c2nccn2C)c1. The maximum atomic E-state index is 4.48. The lowest BCUT2D eigenvalue weighted by atomic mass is 10.0. The summed E-state index contributed by atoms with van der Waals surface area (Å²) in [5.41, 5.74) is 3.13. The van der Waals surface area contributed by atoms with E-state index in [9.17, 15) is 0 Å². The summed E-state index contributed by atoms with van der Waals surface area (Å²) in [6.45, 7) is 0. The maximum Gasteiger partial charge on any atom is 0.139 e. The summed E-state index contributed by atoms with van der Waals surface area (Å²) in [5.74, 6) is 2.75. The number of aryl methyl sites for hydroxylation is 3. The van der Waals surface area contributed by atoms with Gasteiger partial charge in [0, 0.05) is 75.0 Å². The van der Waals surface area contributed by atoms with Crippen LogP contribution in [0.4, 0.5) is 0 Å². The van der Waals surface area contributed by atoms with Crippen molar-refractivity contribution < 1.29 is 0 Å². The van der Waals surface area contributed by atoms with E-state index in [-0.39, 0.29) is 0 Å². The summed E-state index contributed by atoms with van der Waals surface area (Å²) in [4.78, 5) is 13.5. The molecule has 0 N–H and O–H groups in total. The van der Waals surface area contributed by atoms with E-state index in [1.54, 1.807) is 0 Å². The van der Waals surface area contributed by atoms with Crippen molar-refractivity contribution in [1.29, 1.82) is 0 Å². The van der Waals surface area contributed by atoms with Gasteiger partial charge in [0.15, 0.2) is 0 Å². The van der Waals surface area contributed by atoms with Crippen molar-refractivity contribution in [3.05, 3.63) is 55.4 Å². The molecule has 4 aromatic rings. The van der Waals surface area contributed by atoms with Crippen LogP contribution >= 0.6 is 0 Å². The highest BCUT2D eigenvalue weighted by Crippen LogP contribution is 2.30. The van der Waals surface area contributed by atoms with E-state index in [0.29, 0.717) is 0 Å². The fourth-order valence-corrected chi connectivity index (χ4v) is 2.95. The van der Waals surface area contributed by atoms with E-state index >= 15 is 0 Å². The molecule has 0 atom stereocenters. The van der Waals surface area contributed by atoms with E-state index in [0.717, 1.165) is 34.2 Å². The fourth-order valence-electron chi connectivity index (χ4n) is 2.95. The molecule has 6 nitrogen and oxygen atoms in total.